The highest BCUT2D eigenvalue weighted by Crippen LogP contribution is 2.34. The molecule has 2 fully saturated rings. The molecule has 1 aliphatic carbocycles. The summed E-state index contributed by atoms with van der Waals surface area (Å²) in [5.41, 5.74) is 1.35. The average molecular weight is 497 g/mol. The summed E-state index contributed by atoms with van der Waals surface area (Å²) in [5.74, 6) is -0.0109. The van der Waals surface area contributed by atoms with E-state index in [-0.39, 0.29) is 36.3 Å². The molecular weight excluding hydrogens is 467 g/mol. The maximum absolute atomic E-state index is 12.9. The van der Waals surface area contributed by atoms with E-state index in [2.05, 4.69) is 9.89 Å². The van der Waals surface area contributed by atoms with Gasteiger partial charge >= 0.3 is 18.0 Å². The number of nitrogens with one attached hydrogen (secondary N) is 1. The predicted octanol–water partition coefficient (Wildman–Crippen LogP) is 1.32. The fourth-order valence-electron chi connectivity index (χ4n) is 5.51. The molecule has 0 aromatic heterocycles. The highest BCUT2D eigenvalue weighted by atomic mass is 19.4. The van der Waals surface area contributed by atoms with E-state index in [1.54, 1.807) is 17.0 Å². The van der Waals surface area contributed by atoms with Gasteiger partial charge < -0.3 is 19.5 Å². The van der Waals surface area contributed by atoms with E-state index >= 15 is 0 Å². The maximum Gasteiger partial charge on any atom is 0.411 e. The second-order valence-corrected chi connectivity index (χ2v) is 9.75. The number of aliphatic hydroxyl groups is 1. The smallest absolute Gasteiger partial charge is 0.411 e. The molecule has 1 aromatic carbocycles. The van der Waals surface area contributed by atoms with Crippen LogP contribution in [0.25, 0.3) is 0 Å². The number of aliphatic hydroxyl groups excluding tert-OH is 1. The SMILES string of the molecule is O=C1CCC(N2Cc3cc(O[C@@H]4CCCC[C@@H]4N4CC(OCC(F)(F)F)C4)ccc3C2=O)C(O)=[NH+]1. The predicted molar refractivity (Wildman–Crippen MR) is 117 cm³/mol. The molecule has 0 radical (unpaired) electrons. The first-order valence-corrected chi connectivity index (χ1v) is 12.1. The molecule has 3 atom stereocenters. The number of alkyl halides is 3. The van der Waals surface area contributed by atoms with Gasteiger partial charge in [-0.05, 0) is 49.4 Å². The molecule has 35 heavy (non-hydrogen) atoms. The third-order valence-corrected chi connectivity index (χ3v) is 7.30. The maximum atomic E-state index is 12.9. The number of rotatable bonds is 6. The lowest BCUT2D eigenvalue weighted by molar-refractivity contribution is -0.394. The lowest BCUT2D eigenvalue weighted by atomic mass is 9.89. The minimum atomic E-state index is -4.32. The van der Waals surface area contributed by atoms with Crippen LogP contribution in [0.4, 0.5) is 13.2 Å². The Bertz CT molecular complexity index is 1020. The monoisotopic (exact) mass is 496 g/mol. The molecule has 3 aliphatic heterocycles. The number of nitrogens with zero attached hydrogens (tertiary/aromatic N) is 2. The van der Waals surface area contributed by atoms with Crippen molar-refractivity contribution in [2.75, 3.05) is 19.7 Å². The molecule has 1 unspecified atom stereocenters. The summed E-state index contributed by atoms with van der Waals surface area (Å²) >= 11 is 0. The van der Waals surface area contributed by atoms with Gasteiger partial charge in [0.1, 0.15) is 18.5 Å². The van der Waals surface area contributed by atoms with Crippen LogP contribution in [0.15, 0.2) is 18.2 Å². The summed E-state index contributed by atoms with van der Waals surface area (Å²) in [7, 11) is 0. The Morgan fingerprint density at radius 2 is 1.89 bits per heavy atom. The van der Waals surface area contributed by atoms with E-state index in [0.29, 0.717) is 37.4 Å². The van der Waals surface area contributed by atoms with Gasteiger partial charge in [0.2, 0.25) is 0 Å². The zero-order chi connectivity index (χ0) is 24.7. The van der Waals surface area contributed by atoms with Crippen LogP contribution in [0.2, 0.25) is 0 Å². The van der Waals surface area contributed by atoms with Crippen molar-refractivity contribution < 1.29 is 42.3 Å². The first-order valence-electron chi connectivity index (χ1n) is 12.1. The third kappa shape index (κ3) is 5.16. The summed E-state index contributed by atoms with van der Waals surface area (Å²) in [4.78, 5) is 30.5. The summed E-state index contributed by atoms with van der Waals surface area (Å²) in [6.07, 6.45) is -0.387. The first-order chi connectivity index (χ1) is 16.7. The van der Waals surface area contributed by atoms with Crippen LogP contribution in [0.1, 0.15) is 54.4 Å². The van der Waals surface area contributed by atoms with Crippen molar-refractivity contribution in [3.8, 4) is 5.75 Å². The van der Waals surface area contributed by atoms with Gasteiger partial charge in [-0.2, -0.15) is 13.2 Å². The molecule has 0 bridgehead atoms. The van der Waals surface area contributed by atoms with Gasteiger partial charge in [0, 0.05) is 31.2 Å². The van der Waals surface area contributed by atoms with Crippen molar-refractivity contribution in [2.24, 2.45) is 0 Å². The normalized spacial score (nSPS) is 28.0. The fraction of sp³-hybridized carbons (Fsp3) is 0.625. The zero-order valence-corrected chi connectivity index (χ0v) is 19.2. The van der Waals surface area contributed by atoms with E-state index in [1.807, 2.05) is 6.07 Å². The van der Waals surface area contributed by atoms with E-state index in [0.717, 1.165) is 31.2 Å². The third-order valence-electron chi connectivity index (χ3n) is 7.30. The number of fused-ring (bicyclic) bond motifs is 1. The summed E-state index contributed by atoms with van der Waals surface area (Å²) in [6.45, 7) is 0.0243. The molecule has 1 saturated heterocycles. The largest absolute Gasteiger partial charge is 0.489 e. The summed E-state index contributed by atoms with van der Waals surface area (Å²) in [6, 6.07) is 4.90. The van der Waals surface area contributed by atoms with E-state index in [1.165, 1.54) is 0 Å². The second kappa shape index (κ2) is 9.42. The first kappa shape index (κ1) is 24.1. The quantitative estimate of drug-likeness (QED) is 0.617. The summed E-state index contributed by atoms with van der Waals surface area (Å²) in [5, 5.41) is 10.2. The number of amides is 2. The van der Waals surface area contributed by atoms with E-state index in [9.17, 15) is 27.9 Å². The van der Waals surface area contributed by atoms with Crippen LogP contribution >= 0.6 is 0 Å². The van der Waals surface area contributed by atoms with Gasteiger partial charge in [-0.1, -0.05) is 6.42 Å². The molecule has 1 saturated carbocycles. The van der Waals surface area contributed by atoms with Crippen molar-refractivity contribution in [3.63, 3.8) is 0 Å². The Balaban J connectivity index is 1.22. The lowest BCUT2D eigenvalue weighted by Crippen LogP contribution is -2.82. The van der Waals surface area contributed by atoms with Crippen LogP contribution in [0.5, 0.6) is 5.75 Å². The Kier molecular flexibility index (Phi) is 6.47. The number of hydrogen-bond donors (Lipinski definition) is 2. The fourth-order valence-corrected chi connectivity index (χ4v) is 5.51. The van der Waals surface area contributed by atoms with Crippen molar-refractivity contribution >= 4 is 17.7 Å². The van der Waals surface area contributed by atoms with Crippen molar-refractivity contribution in [1.29, 1.82) is 0 Å². The average Bonchev–Trinajstić information content (AvgIpc) is 3.08. The van der Waals surface area contributed by atoms with Crippen LogP contribution < -0.4 is 9.73 Å². The van der Waals surface area contributed by atoms with Crippen LogP contribution in [-0.4, -0.2) is 82.8 Å². The Morgan fingerprint density at radius 3 is 2.63 bits per heavy atom. The molecule has 190 valence electrons. The van der Waals surface area contributed by atoms with Crippen molar-refractivity contribution in [2.45, 2.75) is 75.5 Å². The van der Waals surface area contributed by atoms with Gasteiger partial charge in [0.15, 0.2) is 6.04 Å². The highest BCUT2D eigenvalue weighted by molar-refractivity contribution is 6.01. The Labute approximate surface area is 200 Å². The van der Waals surface area contributed by atoms with E-state index in [4.69, 9.17) is 9.47 Å². The number of carbonyl (C=O) groups excluding carboxylic acids is 2. The number of carbonyl (C=O) groups is 2. The molecule has 4 aliphatic rings. The van der Waals surface area contributed by atoms with Crippen molar-refractivity contribution in [3.05, 3.63) is 29.3 Å². The molecule has 2 N–H and O–H groups in total. The molecule has 11 heteroatoms. The molecule has 0 spiro atoms. The van der Waals surface area contributed by atoms with E-state index < -0.39 is 24.9 Å². The standard InChI is InChI=1S/C24H28F3N3O5/c25-24(26,27)13-34-16-11-29(12-16)18-3-1-2-4-20(18)35-15-5-6-17-14(9-15)10-30(23(17)33)19-7-8-21(31)28-22(19)32/h5-6,9,16,18-20H,1-4,7-8,10-13H2,(H,28,31,32)/p+1/t18-,19?,20+/m0/s1. The van der Waals surface area contributed by atoms with Gasteiger partial charge in [-0.25, -0.2) is 4.79 Å². The van der Waals surface area contributed by atoms with Gasteiger partial charge in [0.25, 0.3) is 5.91 Å². The Hall–Kier alpha value is -2.66. The number of halogens is 3. The number of benzene rings is 1. The topological polar surface area (TPSA) is 93.3 Å². The lowest BCUT2D eigenvalue weighted by Gasteiger charge is -2.48. The highest BCUT2D eigenvalue weighted by Gasteiger charge is 2.42. The molecule has 8 nitrogen and oxygen atoms in total. The summed E-state index contributed by atoms with van der Waals surface area (Å²) < 4.78 is 48.5. The number of hydrogen-bond acceptors (Lipinski definition) is 5. The van der Waals surface area contributed by atoms with Gasteiger partial charge in [0.05, 0.1) is 12.5 Å². The minimum Gasteiger partial charge on any atom is -0.489 e. The minimum absolute atomic E-state index is 0.0930. The van der Waals surface area contributed by atoms with Crippen LogP contribution in [-0.2, 0) is 16.1 Å². The van der Waals surface area contributed by atoms with Gasteiger partial charge in [-0.15, -0.1) is 4.99 Å². The molecule has 3 heterocycles. The second-order valence-electron chi connectivity index (χ2n) is 9.75. The molecule has 2 amide bonds. The van der Waals surface area contributed by atoms with Crippen LogP contribution in [0.3, 0.4) is 0 Å². The number of ether oxygens (including phenoxy) is 2. The van der Waals surface area contributed by atoms with Crippen LogP contribution in [0, 0.1) is 0 Å². The Morgan fingerprint density at radius 1 is 1.11 bits per heavy atom. The number of likely N-dealkylation sites (tertiary alicyclic amines) is 1. The zero-order valence-electron chi connectivity index (χ0n) is 19.2. The molecular formula is C24H29F3N3O5+. The molecule has 5 rings (SSSR count). The van der Waals surface area contributed by atoms with Gasteiger partial charge in [-0.3, -0.25) is 9.69 Å². The molecule has 1 aromatic rings. The van der Waals surface area contributed by atoms with Crippen molar-refractivity contribution in [1.82, 2.24) is 9.80 Å².